The van der Waals surface area contributed by atoms with Crippen molar-refractivity contribution in [1.29, 1.82) is 0 Å². The number of rotatable bonds is 3. The molecule has 0 unspecified atom stereocenters. The van der Waals surface area contributed by atoms with Gasteiger partial charge in [-0.1, -0.05) is 19.1 Å². The second kappa shape index (κ2) is 5.93. The highest BCUT2D eigenvalue weighted by Crippen LogP contribution is 2.29. The van der Waals surface area contributed by atoms with Crippen molar-refractivity contribution in [2.24, 2.45) is 17.0 Å². The van der Waals surface area contributed by atoms with Crippen LogP contribution < -0.4 is 10.5 Å². The zero-order chi connectivity index (χ0) is 14.8. The number of nitrogens with one attached hydrogen (secondary N) is 1. The zero-order valence-corrected chi connectivity index (χ0v) is 12.3. The van der Waals surface area contributed by atoms with Crippen LogP contribution in [0.1, 0.15) is 32.6 Å². The van der Waals surface area contributed by atoms with Crippen LogP contribution in [0.25, 0.3) is 0 Å². The standard InChI is InChI=1S/C14H20N2O3S/c1-10-6-8-11(9-7-10)14(17)16-12-4-2-3-5-13(12)20(15,18)19/h2-5,10-11H,6-9H2,1H3,(H,16,17)(H2,15,18,19). The van der Waals surface area contributed by atoms with E-state index >= 15 is 0 Å². The SMILES string of the molecule is CC1CCC(C(=O)Nc2ccccc2S(N)(=O)=O)CC1. The number of primary sulfonamides is 1. The number of anilines is 1. The molecule has 1 saturated carbocycles. The van der Waals surface area contributed by atoms with Crippen LogP contribution in [0.3, 0.4) is 0 Å². The second-order valence-corrected chi connectivity index (χ2v) is 7.02. The average Bonchev–Trinajstić information content (AvgIpc) is 2.38. The van der Waals surface area contributed by atoms with E-state index in [-0.39, 0.29) is 22.4 Å². The predicted octanol–water partition coefficient (Wildman–Crippen LogP) is 2.10. The van der Waals surface area contributed by atoms with E-state index in [1.807, 2.05) is 0 Å². The fraction of sp³-hybridized carbons (Fsp3) is 0.500. The molecule has 1 fully saturated rings. The summed E-state index contributed by atoms with van der Waals surface area (Å²) in [5.74, 6) is 0.503. The number of hydrogen-bond donors (Lipinski definition) is 2. The van der Waals surface area contributed by atoms with Crippen molar-refractivity contribution in [2.45, 2.75) is 37.5 Å². The number of nitrogens with two attached hydrogens (primary N) is 1. The molecule has 2 rings (SSSR count). The minimum Gasteiger partial charge on any atom is -0.325 e. The number of sulfonamides is 1. The highest BCUT2D eigenvalue weighted by molar-refractivity contribution is 7.89. The molecule has 110 valence electrons. The van der Waals surface area contributed by atoms with Crippen molar-refractivity contribution in [3.63, 3.8) is 0 Å². The Hall–Kier alpha value is -1.40. The first kappa shape index (κ1) is 15.0. The lowest BCUT2D eigenvalue weighted by Gasteiger charge is -2.25. The Balaban J connectivity index is 2.13. The van der Waals surface area contributed by atoms with Gasteiger partial charge >= 0.3 is 0 Å². The van der Waals surface area contributed by atoms with Crippen LogP contribution >= 0.6 is 0 Å². The van der Waals surface area contributed by atoms with Gasteiger partial charge in [-0.2, -0.15) is 0 Å². The van der Waals surface area contributed by atoms with Gasteiger partial charge in [0, 0.05) is 5.92 Å². The highest BCUT2D eigenvalue weighted by Gasteiger charge is 2.25. The summed E-state index contributed by atoms with van der Waals surface area (Å²) in [5, 5.41) is 7.85. The quantitative estimate of drug-likeness (QED) is 0.895. The third kappa shape index (κ3) is 3.58. The van der Waals surface area contributed by atoms with Crippen LogP contribution in [0.15, 0.2) is 29.2 Å². The van der Waals surface area contributed by atoms with E-state index in [1.54, 1.807) is 18.2 Å². The summed E-state index contributed by atoms with van der Waals surface area (Å²) in [6, 6.07) is 6.21. The number of carbonyl (C=O) groups excluding carboxylic acids is 1. The molecule has 5 nitrogen and oxygen atoms in total. The Labute approximate surface area is 119 Å². The normalized spacial score (nSPS) is 23.3. The Morgan fingerprint density at radius 1 is 1.20 bits per heavy atom. The molecule has 1 amide bonds. The van der Waals surface area contributed by atoms with E-state index in [0.717, 1.165) is 25.7 Å². The lowest BCUT2D eigenvalue weighted by atomic mass is 9.82. The monoisotopic (exact) mass is 296 g/mol. The average molecular weight is 296 g/mol. The molecule has 3 N–H and O–H groups in total. The Morgan fingerprint density at radius 2 is 1.80 bits per heavy atom. The molecule has 6 heteroatoms. The molecular weight excluding hydrogens is 276 g/mol. The fourth-order valence-corrected chi connectivity index (χ4v) is 3.27. The van der Waals surface area contributed by atoms with Crippen LogP contribution in [0.2, 0.25) is 0 Å². The molecule has 0 saturated heterocycles. The van der Waals surface area contributed by atoms with Crippen molar-refractivity contribution in [1.82, 2.24) is 0 Å². The fourth-order valence-electron chi connectivity index (χ4n) is 2.58. The first-order chi connectivity index (χ1) is 9.38. The smallest absolute Gasteiger partial charge is 0.240 e. The van der Waals surface area contributed by atoms with Gasteiger partial charge in [0.1, 0.15) is 4.90 Å². The molecule has 0 aromatic heterocycles. The second-order valence-electron chi connectivity index (χ2n) is 5.49. The minimum absolute atomic E-state index is 0.0419. The number of benzene rings is 1. The molecule has 1 aromatic carbocycles. The number of amides is 1. The molecule has 1 aliphatic rings. The maximum absolute atomic E-state index is 12.2. The van der Waals surface area contributed by atoms with Gasteiger partial charge in [0.05, 0.1) is 5.69 Å². The maximum Gasteiger partial charge on any atom is 0.240 e. The summed E-state index contributed by atoms with van der Waals surface area (Å²) in [5.41, 5.74) is 0.263. The molecule has 1 aromatic rings. The van der Waals surface area contributed by atoms with Crippen LogP contribution in [-0.2, 0) is 14.8 Å². The number of para-hydroxylation sites is 1. The topological polar surface area (TPSA) is 89.3 Å². The van der Waals surface area contributed by atoms with Gasteiger partial charge < -0.3 is 5.32 Å². The molecule has 0 radical (unpaired) electrons. The van der Waals surface area contributed by atoms with Crippen LogP contribution in [0, 0.1) is 11.8 Å². The molecule has 0 atom stereocenters. The largest absolute Gasteiger partial charge is 0.325 e. The van der Waals surface area contributed by atoms with Crippen molar-refractivity contribution in [3.8, 4) is 0 Å². The highest BCUT2D eigenvalue weighted by atomic mass is 32.2. The lowest BCUT2D eigenvalue weighted by molar-refractivity contribution is -0.121. The molecule has 1 aliphatic carbocycles. The first-order valence-corrected chi connectivity index (χ1v) is 8.35. The van der Waals surface area contributed by atoms with Gasteiger partial charge in [-0.05, 0) is 43.7 Å². The van der Waals surface area contributed by atoms with E-state index in [1.165, 1.54) is 6.07 Å². The van der Waals surface area contributed by atoms with E-state index in [9.17, 15) is 13.2 Å². The Bertz CT molecular complexity index is 590. The summed E-state index contributed by atoms with van der Waals surface area (Å²) < 4.78 is 23.0. The van der Waals surface area contributed by atoms with Crippen LogP contribution in [0.4, 0.5) is 5.69 Å². The minimum atomic E-state index is -3.83. The summed E-state index contributed by atoms with van der Waals surface area (Å²) in [6.45, 7) is 2.18. The molecule has 0 bridgehead atoms. The van der Waals surface area contributed by atoms with Gasteiger partial charge in [-0.15, -0.1) is 0 Å². The zero-order valence-electron chi connectivity index (χ0n) is 11.5. The van der Waals surface area contributed by atoms with E-state index in [2.05, 4.69) is 12.2 Å². The molecule has 0 spiro atoms. The van der Waals surface area contributed by atoms with Gasteiger partial charge in [-0.3, -0.25) is 4.79 Å². The lowest BCUT2D eigenvalue weighted by Crippen LogP contribution is -2.27. The predicted molar refractivity (Wildman–Crippen MR) is 77.6 cm³/mol. The van der Waals surface area contributed by atoms with Gasteiger partial charge in [0.2, 0.25) is 15.9 Å². The summed E-state index contributed by atoms with van der Waals surface area (Å²) in [7, 11) is -3.83. The number of hydrogen-bond acceptors (Lipinski definition) is 3. The number of carbonyl (C=O) groups is 1. The van der Waals surface area contributed by atoms with Crippen molar-refractivity contribution >= 4 is 21.6 Å². The third-order valence-corrected chi connectivity index (χ3v) is 4.81. The van der Waals surface area contributed by atoms with Gasteiger partial charge in [0.15, 0.2) is 0 Å². The van der Waals surface area contributed by atoms with E-state index in [0.29, 0.717) is 5.92 Å². The molecule has 0 heterocycles. The first-order valence-electron chi connectivity index (χ1n) is 6.80. The van der Waals surface area contributed by atoms with Crippen molar-refractivity contribution in [2.75, 3.05) is 5.32 Å². The van der Waals surface area contributed by atoms with E-state index < -0.39 is 10.0 Å². The summed E-state index contributed by atoms with van der Waals surface area (Å²) in [4.78, 5) is 12.2. The van der Waals surface area contributed by atoms with Crippen molar-refractivity contribution < 1.29 is 13.2 Å². The summed E-state index contributed by atoms with van der Waals surface area (Å²) in [6.07, 6.45) is 3.78. The van der Waals surface area contributed by atoms with Crippen LogP contribution in [0.5, 0.6) is 0 Å². The molecular formula is C14H20N2O3S. The van der Waals surface area contributed by atoms with Gasteiger partial charge in [-0.25, -0.2) is 13.6 Å². The third-order valence-electron chi connectivity index (χ3n) is 3.84. The molecule has 20 heavy (non-hydrogen) atoms. The van der Waals surface area contributed by atoms with Crippen molar-refractivity contribution in [3.05, 3.63) is 24.3 Å². The van der Waals surface area contributed by atoms with Gasteiger partial charge in [0.25, 0.3) is 0 Å². The summed E-state index contributed by atoms with van der Waals surface area (Å²) >= 11 is 0. The molecule has 0 aliphatic heterocycles. The Morgan fingerprint density at radius 3 is 2.40 bits per heavy atom. The van der Waals surface area contributed by atoms with Crippen LogP contribution in [-0.4, -0.2) is 14.3 Å². The van der Waals surface area contributed by atoms with E-state index in [4.69, 9.17) is 5.14 Å². The maximum atomic E-state index is 12.2. The Kier molecular flexibility index (Phi) is 4.45.